The molecule has 1 saturated heterocycles. The van der Waals surface area contributed by atoms with E-state index < -0.39 is 21.9 Å². The maximum atomic E-state index is 14.6. The van der Waals surface area contributed by atoms with Crippen molar-refractivity contribution in [3.8, 4) is 16.9 Å². The number of ether oxygens (including phenoxy) is 1. The molecule has 4 rings (SSSR count). The monoisotopic (exact) mass is 471 g/mol. The molecule has 0 unspecified atom stereocenters. The SMILES string of the molecule is O=C(Nc1ccc(O)c(NS(=O)(=O)N2CCOCC2)c1)c1ccc(-c2ccccc2)c(F)c1. The van der Waals surface area contributed by atoms with Gasteiger partial charge in [-0.05, 0) is 35.9 Å². The number of benzene rings is 3. The predicted octanol–water partition coefficient (Wildman–Crippen LogP) is 3.44. The Balaban J connectivity index is 1.50. The van der Waals surface area contributed by atoms with E-state index in [1.165, 1.54) is 34.6 Å². The summed E-state index contributed by atoms with van der Waals surface area (Å²) in [6.45, 7) is 0.944. The summed E-state index contributed by atoms with van der Waals surface area (Å²) in [4.78, 5) is 12.6. The Morgan fingerprint density at radius 1 is 1.00 bits per heavy atom. The summed E-state index contributed by atoms with van der Waals surface area (Å²) in [5.74, 6) is -1.43. The van der Waals surface area contributed by atoms with Gasteiger partial charge in [-0.15, -0.1) is 0 Å². The molecule has 1 aliphatic rings. The van der Waals surface area contributed by atoms with Crippen LogP contribution in [0.25, 0.3) is 11.1 Å². The molecule has 172 valence electrons. The first-order valence-electron chi connectivity index (χ1n) is 10.2. The molecule has 0 aromatic heterocycles. The number of morpholine rings is 1. The summed E-state index contributed by atoms with van der Waals surface area (Å²) in [7, 11) is -3.91. The minimum atomic E-state index is -3.91. The number of amides is 1. The lowest BCUT2D eigenvalue weighted by atomic mass is 10.0. The van der Waals surface area contributed by atoms with Crippen LogP contribution in [-0.4, -0.2) is 50.0 Å². The van der Waals surface area contributed by atoms with Crippen molar-refractivity contribution in [3.63, 3.8) is 0 Å². The Bertz CT molecular complexity index is 1260. The van der Waals surface area contributed by atoms with Crippen molar-refractivity contribution in [1.82, 2.24) is 4.31 Å². The average molecular weight is 472 g/mol. The highest BCUT2D eigenvalue weighted by Crippen LogP contribution is 2.29. The summed E-state index contributed by atoms with van der Waals surface area (Å²) in [6.07, 6.45) is 0. The van der Waals surface area contributed by atoms with Gasteiger partial charge in [0.2, 0.25) is 0 Å². The first-order chi connectivity index (χ1) is 15.8. The van der Waals surface area contributed by atoms with E-state index in [9.17, 15) is 22.7 Å². The fraction of sp³-hybridized carbons (Fsp3) is 0.174. The molecule has 0 aliphatic carbocycles. The zero-order valence-corrected chi connectivity index (χ0v) is 18.3. The standard InChI is InChI=1S/C23H22FN3O5S/c24-20-14-17(6-8-19(20)16-4-2-1-3-5-16)23(29)25-18-7-9-22(28)21(15-18)26-33(30,31)27-10-12-32-13-11-27/h1-9,14-15,26,28H,10-13H2,(H,25,29). The van der Waals surface area contributed by atoms with Crippen molar-refractivity contribution in [2.24, 2.45) is 0 Å². The highest BCUT2D eigenvalue weighted by Gasteiger charge is 2.25. The number of rotatable bonds is 6. The second-order valence-electron chi connectivity index (χ2n) is 7.37. The van der Waals surface area contributed by atoms with E-state index in [1.807, 2.05) is 6.07 Å². The number of nitrogens with zero attached hydrogens (tertiary/aromatic N) is 1. The Hall–Kier alpha value is -3.47. The zero-order chi connectivity index (χ0) is 23.4. The number of carbonyl (C=O) groups excluding carboxylic acids is 1. The van der Waals surface area contributed by atoms with Gasteiger partial charge in [0.1, 0.15) is 11.6 Å². The number of halogens is 1. The summed E-state index contributed by atoms with van der Waals surface area (Å²) < 4.78 is 48.4. The molecule has 1 fully saturated rings. The van der Waals surface area contributed by atoms with Gasteiger partial charge >= 0.3 is 10.2 Å². The normalized spacial score (nSPS) is 14.6. The van der Waals surface area contributed by atoms with Crippen LogP contribution in [0.3, 0.4) is 0 Å². The Labute approximate surface area is 190 Å². The second kappa shape index (κ2) is 9.57. The lowest BCUT2D eigenvalue weighted by Gasteiger charge is -2.26. The van der Waals surface area contributed by atoms with Gasteiger partial charge in [-0.2, -0.15) is 12.7 Å². The molecule has 3 aromatic rings. The molecule has 1 aliphatic heterocycles. The molecule has 8 nitrogen and oxygen atoms in total. The van der Waals surface area contributed by atoms with Crippen molar-refractivity contribution in [2.75, 3.05) is 36.3 Å². The van der Waals surface area contributed by atoms with E-state index in [0.29, 0.717) is 11.1 Å². The zero-order valence-electron chi connectivity index (χ0n) is 17.5. The number of aromatic hydroxyl groups is 1. The van der Waals surface area contributed by atoms with Crippen LogP contribution in [0.2, 0.25) is 0 Å². The Morgan fingerprint density at radius 2 is 1.73 bits per heavy atom. The van der Waals surface area contributed by atoms with Crippen molar-refractivity contribution >= 4 is 27.5 Å². The summed E-state index contributed by atoms with van der Waals surface area (Å²) in [6, 6.07) is 17.1. The minimum absolute atomic E-state index is 0.0927. The largest absolute Gasteiger partial charge is 0.506 e. The topological polar surface area (TPSA) is 108 Å². The van der Waals surface area contributed by atoms with Crippen LogP contribution >= 0.6 is 0 Å². The van der Waals surface area contributed by atoms with Crippen LogP contribution in [0, 0.1) is 5.82 Å². The number of hydrogen-bond acceptors (Lipinski definition) is 5. The van der Waals surface area contributed by atoms with Crippen LogP contribution in [0.1, 0.15) is 10.4 Å². The molecular formula is C23H22FN3O5S. The molecule has 1 heterocycles. The molecule has 3 aromatic carbocycles. The first kappa shape index (κ1) is 22.7. The second-order valence-corrected chi connectivity index (χ2v) is 9.04. The lowest BCUT2D eigenvalue weighted by molar-refractivity contribution is 0.0733. The smallest absolute Gasteiger partial charge is 0.301 e. The van der Waals surface area contributed by atoms with E-state index in [0.717, 1.165) is 6.07 Å². The van der Waals surface area contributed by atoms with E-state index in [2.05, 4.69) is 10.0 Å². The third-order valence-electron chi connectivity index (χ3n) is 5.12. The molecular weight excluding hydrogens is 449 g/mol. The Kier molecular flexibility index (Phi) is 6.59. The first-order valence-corrected chi connectivity index (χ1v) is 11.6. The number of carbonyl (C=O) groups is 1. The minimum Gasteiger partial charge on any atom is -0.506 e. The third kappa shape index (κ3) is 5.30. The predicted molar refractivity (Wildman–Crippen MR) is 123 cm³/mol. The Morgan fingerprint density at radius 3 is 2.42 bits per heavy atom. The highest BCUT2D eigenvalue weighted by molar-refractivity contribution is 7.90. The van der Waals surface area contributed by atoms with Gasteiger partial charge in [0.25, 0.3) is 5.91 Å². The number of phenols is 1. The molecule has 0 saturated carbocycles. The van der Waals surface area contributed by atoms with Gasteiger partial charge < -0.3 is 15.2 Å². The van der Waals surface area contributed by atoms with Crippen molar-refractivity contribution < 1.29 is 27.4 Å². The molecule has 10 heteroatoms. The maximum absolute atomic E-state index is 14.6. The van der Waals surface area contributed by atoms with Gasteiger partial charge in [-0.25, -0.2) is 4.39 Å². The van der Waals surface area contributed by atoms with Gasteiger partial charge in [0.05, 0.1) is 18.9 Å². The molecule has 0 radical (unpaired) electrons. The maximum Gasteiger partial charge on any atom is 0.301 e. The number of phenolic OH excluding ortho intramolecular Hbond substituents is 1. The van der Waals surface area contributed by atoms with E-state index in [4.69, 9.17) is 4.74 Å². The molecule has 3 N–H and O–H groups in total. The summed E-state index contributed by atoms with van der Waals surface area (Å²) in [5.41, 5.74) is 1.29. The van der Waals surface area contributed by atoms with Crippen LogP contribution in [0.4, 0.5) is 15.8 Å². The average Bonchev–Trinajstić information content (AvgIpc) is 2.82. The quantitative estimate of drug-likeness (QED) is 0.377. The van der Waals surface area contributed by atoms with Crippen molar-refractivity contribution in [2.45, 2.75) is 0 Å². The van der Waals surface area contributed by atoms with Gasteiger partial charge in [-0.1, -0.05) is 36.4 Å². The van der Waals surface area contributed by atoms with Gasteiger partial charge in [0.15, 0.2) is 0 Å². The van der Waals surface area contributed by atoms with E-state index >= 15 is 0 Å². The third-order valence-corrected chi connectivity index (χ3v) is 6.64. The molecule has 0 spiro atoms. The molecule has 0 atom stereocenters. The van der Waals surface area contributed by atoms with Crippen molar-refractivity contribution in [1.29, 1.82) is 0 Å². The number of nitrogens with one attached hydrogen (secondary N) is 2. The summed E-state index contributed by atoms with van der Waals surface area (Å²) >= 11 is 0. The van der Waals surface area contributed by atoms with Crippen LogP contribution in [0.5, 0.6) is 5.75 Å². The van der Waals surface area contributed by atoms with Crippen molar-refractivity contribution in [3.05, 3.63) is 78.1 Å². The van der Waals surface area contributed by atoms with Crippen LogP contribution < -0.4 is 10.0 Å². The summed E-state index contributed by atoms with van der Waals surface area (Å²) in [5, 5.41) is 12.7. The van der Waals surface area contributed by atoms with Crippen LogP contribution in [0.15, 0.2) is 66.7 Å². The molecule has 33 heavy (non-hydrogen) atoms. The fourth-order valence-corrected chi connectivity index (χ4v) is 4.60. The van der Waals surface area contributed by atoms with E-state index in [-0.39, 0.29) is 49.0 Å². The van der Waals surface area contributed by atoms with Gasteiger partial charge in [-0.3, -0.25) is 9.52 Å². The number of anilines is 2. The lowest BCUT2D eigenvalue weighted by Crippen LogP contribution is -2.43. The highest BCUT2D eigenvalue weighted by atomic mass is 32.2. The molecule has 1 amide bonds. The van der Waals surface area contributed by atoms with Gasteiger partial charge in [0, 0.05) is 29.9 Å². The fourth-order valence-electron chi connectivity index (χ4n) is 3.40. The van der Waals surface area contributed by atoms with E-state index in [1.54, 1.807) is 24.3 Å². The molecule has 0 bridgehead atoms. The van der Waals surface area contributed by atoms with Crippen LogP contribution in [-0.2, 0) is 14.9 Å². The number of hydrogen-bond donors (Lipinski definition) is 3.